The molecule has 0 aromatic heterocycles. The minimum Gasteiger partial charge on any atom is -0.394 e. The number of hydrogen-bond acceptors (Lipinski definition) is 18. The molecule has 61 heavy (non-hydrogen) atoms. The molecule has 0 aromatic rings. The lowest BCUT2D eigenvalue weighted by Gasteiger charge is -2.48. The van der Waals surface area contributed by atoms with Gasteiger partial charge in [0.1, 0.15) is 73.2 Å². The average Bonchev–Trinajstić information content (AvgIpc) is 3.25. The Kier molecular flexibility index (Phi) is 25.4. The largest absolute Gasteiger partial charge is 0.394 e. The van der Waals surface area contributed by atoms with Crippen LogP contribution in [0.2, 0.25) is 0 Å². The predicted molar refractivity (Wildman–Crippen MR) is 217 cm³/mol. The van der Waals surface area contributed by atoms with Crippen LogP contribution >= 0.6 is 0 Å². The summed E-state index contributed by atoms with van der Waals surface area (Å²) in [6.45, 7) is 1.36. The van der Waals surface area contributed by atoms with Crippen LogP contribution in [0.4, 0.5) is 0 Å². The third-order valence-corrected chi connectivity index (χ3v) is 11.3. The van der Waals surface area contributed by atoms with E-state index < -0.39 is 124 Å². The van der Waals surface area contributed by atoms with Gasteiger partial charge >= 0.3 is 0 Å². The highest BCUT2D eigenvalue weighted by molar-refractivity contribution is 5.76. The lowest BCUT2D eigenvalue weighted by Crippen LogP contribution is -2.66. The number of carbonyl (C=O) groups is 1. The lowest BCUT2D eigenvalue weighted by atomic mass is 9.96. The van der Waals surface area contributed by atoms with Gasteiger partial charge in [0.2, 0.25) is 5.91 Å². The molecule has 3 aliphatic rings. The standard InChI is InChI=1S/C42H75NO18/c1-3-5-7-8-9-10-11-12-13-14-15-16-17-18-19-26(47)25(43-30(48)20-6-4-2)24-56-40-36(54)33(51)38(28(22-45)58-40)61-42-37(55)34(52)39(29(23-46)59-42)60-41-35(53)32(50)31(49)27(21-44)57-41/h14-15,18-19,25-29,31-42,44-47,49-55H,3-13,16-17,20-24H2,1-2H3,(H,43,48)/b15-14+,19-18+. The quantitative estimate of drug-likeness (QED) is 0.0328. The lowest BCUT2D eigenvalue weighted by molar-refractivity contribution is -0.379. The number of rotatable bonds is 28. The van der Waals surface area contributed by atoms with Crippen molar-refractivity contribution >= 4 is 5.91 Å². The van der Waals surface area contributed by atoms with Gasteiger partial charge in [0.15, 0.2) is 18.9 Å². The minimum atomic E-state index is -1.97. The van der Waals surface area contributed by atoms with Crippen molar-refractivity contribution in [3.63, 3.8) is 0 Å². The number of amides is 1. The first-order chi connectivity index (χ1) is 29.3. The van der Waals surface area contributed by atoms with Gasteiger partial charge in [0.05, 0.1) is 38.6 Å². The van der Waals surface area contributed by atoms with Gasteiger partial charge in [-0.15, -0.1) is 0 Å². The highest BCUT2D eigenvalue weighted by atomic mass is 16.8. The van der Waals surface area contributed by atoms with E-state index in [2.05, 4.69) is 24.4 Å². The Morgan fingerprint density at radius 2 is 1.05 bits per heavy atom. The number of aliphatic hydroxyl groups excluding tert-OH is 11. The van der Waals surface area contributed by atoms with Crippen LogP contribution < -0.4 is 5.32 Å². The van der Waals surface area contributed by atoms with Gasteiger partial charge < -0.3 is 89.9 Å². The number of nitrogens with one attached hydrogen (secondary N) is 1. The smallest absolute Gasteiger partial charge is 0.220 e. The Morgan fingerprint density at radius 1 is 0.574 bits per heavy atom. The summed E-state index contributed by atoms with van der Waals surface area (Å²) in [5.41, 5.74) is 0. The minimum absolute atomic E-state index is 0.210. The normalized spacial score (nSPS) is 35.8. The van der Waals surface area contributed by atoms with Gasteiger partial charge in [-0.05, 0) is 32.1 Å². The van der Waals surface area contributed by atoms with Gasteiger partial charge in [-0.3, -0.25) is 4.79 Å². The first-order valence-corrected chi connectivity index (χ1v) is 22.1. The molecule has 0 bridgehead atoms. The van der Waals surface area contributed by atoms with Gasteiger partial charge in [-0.2, -0.15) is 0 Å². The van der Waals surface area contributed by atoms with E-state index in [1.54, 1.807) is 12.2 Å². The molecule has 3 aliphatic heterocycles. The van der Waals surface area contributed by atoms with Crippen LogP contribution in [0, 0.1) is 0 Å². The van der Waals surface area contributed by atoms with Crippen molar-refractivity contribution in [2.75, 3.05) is 26.4 Å². The summed E-state index contributed by atoms with van der Waals surface area (Å²) in [5.74, 6) is -0.325. The monoisotopic (exact) mass is 881 g/mol. The molecule has 356 valence electrons. The molecule has 0 saturated carbocycles. The Bertz CT molecular complexity index is 1240. The summed E-state index contributed by atoms with van der Waals surface area (Å²) >= 11 is 0. The summed E-state index contributed by atoms with van der Waals surface area (Å²) in [7, 11) is 0. The van der Waals surface area contributed by atoms with E-state index in [1.165, 1.54) is 44.9 Å². The van der Waals surface area contributed by atoms with Crippen LogP contribution in [0.25, 0.3) is 0 Å². The van der Waals surface area contributed by atoms with E-state index in [0.717, 1.165) is 25.7 Å². The first-order valence-electron chi connectivity index (χ1n) is 22.1. The molecule has 3 fully saturated rings. The van der Waals surface area contributed by atoms with Crippen LogP contribution in [0.5, 0.6) is 0 Å². The molecular formula is C42H75NO18. The zero-order chi connectivity index (χ0) is 44.9. The van der Waals surface area contributed by atoms with E-state index >= 15 is 0 Å². The molecule has 0 spiro atoms. The highest BCUT2D eigenvalue weighted by Gasteiger charge is 2.53. The molecule has 12 N–H and O–H groups in total. The molecular weight excluding hydrogens is 806 g/mol. The summed E-state index contributed by atoms with van der Waals surface area (Å²) in [4.78, 5) is 12.7. The zero-order valence-electron chi connectivity index (χ0n) is 35.6. The van der Waals surface area contributed by atoms with E-state index in [0.29, 0.717) is 12.8 Å². The topological polar surface area (TPSA) is 307 Å². The molecule has 3 saturated heterocycles. The van der Waals surface area contributed by atoms with Gasteiger partial charge in [-0.1, -0.05) is 89.5 Å². The number of allylic oxidation sites excluding steroid dienone is 3. The van der Waals surface area contributed by atoms with E-state index in [1.807, 2.05) is 6.92 Å². The molecule has 0 radical (unpaired) electrons. The van der Waals surface area contributed by atoms with Crippen LogP contribution in [-0.2, 0) is 33.2 Å². The van der Waals surface area contributed by atoms with Gasteiger partial charge in [0.25, 0.3) is 0 Å². The average molecular weight is 882 g/mol. The summed E-state index contributed by atoms with van der Waals surface area (Å²) < 4.78 is 33.7. The molecule has 3 rings (SSSR count). The highest BCUT2D eigenvalue weighted by Crippen LogP contribution is 2.33. The number of carbonyl (C=O) groups excluding carboxylic acids is 1. The Labute approximate surface area is 358 Å². The molecule has 19 nitrogen and oxygen atoms in total. The van der Waals surface area contributed by atoms with Crippen LogP contribution in [-0.4, -0.2) is 193 Å². The van der Waals surface area contributed by atoms with Crippen molar-refractivity contribution in [1.82, 2.24) is 5.32 Å². The summed E-state index contributed by atoms with van der Waals surface area (Å²) in [5, 5.41) is 118. The Hall–Kier alpha value is -1.73. The molecule has 1 amide bonds. The van der Waals surface area contributed by atoms with Crippen molar-refractivity contribution in [3.8, 4) is 0 Å². The van der Waals surface area contributed by atoms with E-state index in [-0.39, 0.29) is 18.9 Å². The van der Waals surface area contributed by atoms with Crippen LogP contribution in [0.1, 0.15) is 104 Å². The van der Waals surface area contributed by atoms with Gasteiger partial charge in [0, 0.05) is 6.42 Å². The zero-order valence-corrected chi connectivity index (χ0v) is 35.6. The number of hydrogen-bond donors (Lipinski definition) is 12. The van der Waals surface area contributed by atoms with Crippen molar-refractivity contribution in [2.24, 2.45) is 0 Å². The second kappa shape index (κ2) is 28.9. The summed E-state index contributed by atoms with van der Waals surface area (Å²) in [6, 6.07) is -0.978. The number of aliphatic hydroxyl groups is 11. The third-order valence-electron chi connectivity index (χ3n) is 11.3. The maximum absolute atomic E-state index is 12.7. The second-order valence-electron chi connectivity index (χ2n) is 16.2. The van der Waals surface area contributed by atoms with Crippen molar-refractivity contribution in [3.05, 3.63) is 24.3 Å². The second-order valence-corrected chi connectivity index (χ2v) is 16.2. The van der Waals surface area contributed by atoms with Gasteiger partial charge in [-0.25, -0.2) is 0 Å². The molecule has 0 aromatic carbocycles. The predicted octanol–water partition coefficient (Wildman–Crippen LogP) is -1.09. The molecule has 17 unspecified atom stereocenters. The van der Waals surface area contributed by atoms with E-state index in [9.17, 15) is 61.0 Å². The Balaban J connectivity index is 1.56. The maximum atomic E-state index is 12.7. The molecule has 3 heterocycles. The Morgan fingerprint density at radius 3 is 1.62 bits per heavy atom. The fraction of sp³-hybridized carbons (Fsp3) is 0.881. The first kappa shape index (κ1) is 53.6. The molecule has 19 heteroatoms. The fourth-order valence-electron chi connectivity index (χ4n) is 7.42. The third kappa shape index (κ3) is 16.6. The van der Waals surface area contributed by atoms with Crippen molar-refractivity contribution < 1.29 is 89.4 Å². The summed E-state index contributed by atoms with van der Waals surface area (Å²) in [6.07, 6.45) is -5.01. The van der Waals surface area contributed by atoms with E-state index in [4.69, 9.17) is 28.4 Å². The van der Waals surface area contributed by atoms with Crippen molar-refractivity contribution in [2.45, 2.75) is 208 Å². The van der Waals surface area contributed by atoms with Crippen LogP contribution in [0.15, 0.2) is 24.3 Å². The number of unbranched alkanes of at least 4 members (excludes halogenated alkanes) is 10. The fourth-order valence-corrected chi connectivity index (χ4v) is 7.42. The SMILES string of the molecule is CCCCCCCCCC/C=C/CC/C=C/C(O)C(COC1OC(CO)C(OC2OC(CO)C(OC3OC(CO)C(O)C(O)C3O)C(O)C2O)C(O)C1O)NC(=O)CCCC. The van der Waals surface area contributed by atoms with Crippen LogP contribution in [0.3, 0.4) is 0 Å². The maximum Gasteiger partial charge on any atom is 0.220 e. The molecule has 17 atom stereocenters. The van der Waals surface area contributed by atoms with Crippen molar-refractivity contribution in [1.29, 1.82) is 0 Å². The molecule has 0 aliphatic carbocycles. The number of ether oxygens (including phenoxy) is 6.